The van der Waals surface area contributed by atoms with Crippen LogP contribution in [0.15, 0.2) is 52.3 Å². The summed E-state index contributed by atoms with van der Waals surface area (Å²) in [5, 5.41) is 0. The Hall–Kier alpha value is -2.45. The van der Waals surface area contributed by atoms with Crippen LogP contribution in [0.4, 0.5) is 0 Å². The van der Waals surface area contributed by atoms with Crippen LogP contribution in [0.3, 0.4) is 0 Å². The summed E-state index contributed by atoms with van der Waals surface area (Å²) in [4.78, 5) is 26.8. The predicted molar refractivity (Wildman–Crippen MR) is 116 cm³/mol. The minimum absolute atomic E-state index is 0.150. The van der Waals surface area contributed by atoms with E-state index in [2.05, 4.69) is 18.6 Å². The summed E-state index contributed by atoms with van der Waals surface area (Å²) in [6, 6.07) is 10.2. The molecule has 1 aliphatic heterocycles. The SMILES string of the molecule is CC(C)c1ccc(S(=O)(=O)NCC2CCN(C(=O)c3cccn(C)c3=O)CC2)cc1. The molecule has 3 rings (SSSR count). The molecule has 1 aliphatic rings. The third kappa shape index (κ3) is 4.99. The normalized spacial score (nSPS) is 15.5. The highest BCUT2D eigenvalue weighted by Gasteiger charge is 2.26. The number of aromatic nitrogens is 1. The number of nitrogens with zero attached hydrogens (tertiary/aromatic N) is 2. The Bertz CT molecular complexity index is 1050. The Labute approximate surface area is 177 Å². The van der Waals surface area contributed by atoms with Gasteiger partial charge in [0, 0.05) is 32.9 Å². The molecule has 0 aliphatic carbocycles. The Morgan fingerprint density at radius 2 is 1.77 bits per heavy atom. The van der Waals surface area contributed by atoms with Crippen LogP contribution in [-0.4, -0.2) is 43.4 Å². The number of nitrogens with one attached hydrogen (secondary N) is 1. The summed E-state index contributed by atoms with van der Waals surface area (Å²) in [6.45, 7) is 5.48. The smallest absolute Gasteiger partial charge is 0.263 e. The Balaban J connectivity index is 1.55. The van der Waals surface area contributed by atoms with Crippen LogP contribution in [0.25, 0.3) is 0 Å². The zero-order chi connectivity index (χ0) is 21.9. The van der Waals surface area contributed by atoms with E-state index in [9.17, 15) is 18.0 Å². The zero-order valence-corrected chi connectivity index (χ0v) is 18.5. The van der Waals surface area contributed by atoms with Crippen LogP contribution in [-0.2, 0) is 17.1 Å². The summed E-state index contributed by atoms with van der Waals surface area (Å²) >= 11 is 0. The highest BCUT2D eigenvalue weighted by Crippen LogP contribution is 2.20. The second kappa shape index (κ2) is 9.14. The van der Waals surface area contributed by atoms with Crippen LogP contribution in [0.1, 0.15) is 48.5 Å². The number of likely N-dealkylation sites (tertiary alicyclic amines) is 1. The average molecular weight is 432 g/mol. The van der Waals surface area contributed by atoms with Gasteiger partial charge in [-0.3, -0.25) is 9.59 Å². The molecule has 1 saturated heterocycles. The second-order valence-corrected chi connectivity index (χ2v) is 9.92. The topological polar surface area (TPSA) is 88.5 Å². The highest BCUT2D eigenvalue weighted by atomic mass is 32.2. The molecule has 0 spiro atoms. The fourth-order valence-electron chi connectivity index (χ4n) is 3.61. The molecule has 0 atom stereocenters. The van der Waals surface area contributed by atoms with Gasteiger partial charge in [-0.15, -0.1) is 0 Å². The maximum atomic E-state index is 12.7. The molecule has 162 valence electrons. The van der Waals surface area contributed by atoms with Crippen molar-refractivity contribution in [2.75, 3.05) is 19.6 Å². The van der Waals surface area contributed by atoms with Crippen LogP contribution >= 0.6 is 0 Å². The third-order valence-electron chi connectivity index (χ3n) is 5.67. The first-order valence-corrected chi connectivity index (χ1v) is 11.7. The molecule has 1 amide bonds. The first-order chi connectivity index (χ1) is 14.2. The van der Waals surface area contributed by atoms with Gasteiger partial charge in [-0.05, 0) is 54.5 Å². The van der Waals surface area contributed by atoms with Gasteiger partial charge in [0.15, 0.2) is 0 Å². The lowest BCUT2D eigenvalue weighted by Crippen LogP contribution is -2.43. The minimum Gasteiger partial charge on any atom is -0.338 e. The van der Waals surface area contributed by atoms with Gasteiger partial charge in [0.2, 0.25) is 10.0 Å². The van der Waals surface area contributed by atoms with E-state index in [0.29, 0.717) is 38.4 Å². The molecule has 1 aromatic heterocycles. The Kier molecular flexibility index (Phi) is 6.77. The van der Waals surface area contributed by atoms with Crippen molar-refractivity contribution in [1.29, 1.82) is 0 Å². The standard InChI is InChI=1S/C22H29N3O4S/c1-16(2)18-6-8-19(9-7-18)30(28,29)23-15-17-10-13-25(14-11-17)22(27)20-5-4-12-24(3)21(20)26/h4-9,12,16-17,23H,10-11,13-15H2,1-3H3. The molecular formula is C22H29N3O4S. The van der Waals surface area contributed by atoms with E-state index in [4.69, 9.17) is 0 Å². The summed E-state index contributed by atoms with van der Waals surface area (Å²) in [6.07, 6.45) is 3.00. The van der Waals surface area contributed by atoms with Crippen molar-refractivity contribution in [3.63, 3.8) is 0 Å². The molecule has 0 saturated carbocycles. The van der Waals surface area contributed by atoms with E-state index in [1.165, 1.54) is 4.57 Å². The molecule has 30 heavy (non-hydrogen) atoms. The molecule has 0 bridgehead atoms. The number of amides is 1. The lowest BCUT2D eigenvalue weighted by atomic mass is 9.97. The Morgan fingerprint density at radius 3 is 2.37 bits per heavy atom. The molecule has 2 heterocycles. The van der Waals surface area contributed by atoms with E-state index >= 15 is 0 Å². The first-order valence-electron chi connectivity index (χ1n) is 10.2. The summed E-state index contributed by atoms with van der Waals surface area (Å²) in [5.41, 5.74) is 0.962. The van der Waals surface area contributed by atoms with Crippen LogP contribution < -0.4 is 10.3 Å². The lowest BCUT2D eigenvalue weighted by Gasteiger charge is -2.32. The van der Waals surface area contributed by atoms with E-state index in [1.54, 1.807) is 42.4 Å². The summed E-state index contributed by atoms with van der Waals surface area (Å²) < 4.78 is 29.2. The van der Waals surface area contributed by atoms with Crippen molar-refractivity contribution in [3.05, 3.63) is 64.1 Å². The van der Waals surface area contributed by atoms with Crippen molar-refractivity contribution in [3.8, 4) is 0 Å². The van der Waals surface area contributed by atoms with E-state index in [-0.39, 0.29) is 27.8 Å². The van der Waals surface area contributed by atoms with Crippen LogP contribution in [0.5, 0.6) is 0 Å². The van der Waals surface area contributed by atoms with E-state index in [1.807, 2.05) is 12.1 Å². The van der Waals surface area contributed by atoms with Gasteiger partial charge in [-0.1, -0.05) is 26.0 Å². The number of sulfonamides is 1. The van der Waals surface area contributed by atoms with Gasteiger partial charge in [0.05, 0.1) is 4.90 Å². The van der Waals surface area contributed by atoms with Crippen molar-refractivity contribution < 1.29 is 13.2 Å². The zero-order valence-electron chi connectivity index (χ0n) is 17.7. The molecule has 0 unspecified atom stereocenters. The first kappa shape index (κ1) is 22.2. The second-order valence-electron chi connectivity index (χ2n) is 8.15. The number of hydrogen-bond donors (Lipinski definition) is 1. The number of carbonyl (C=O) groups is 1. The van der Waals surface area contributed by atoms with Crippen molar-refractivity contribution in [2.24, 2.45) is 13.0 Å². The van der Waals surface area contributed by atoms with Gasteiger partial charge in [0.1, 0.15) is 5.56 Å². The lowest BCUT2D eigenvalue weighted by molar-refractivity contribution is 0.0689. The maximum Gasteiger partial charge on any atom is 0.263 e. The van der Waals surface area contributed by atoms with Crippen molar-refractivity contribution >= 4 is 15.9 Å². The van der Waals surface area contributed by atoms with Crippen molar-refractivity contribution in [1.82, 2.24) is 14.2 Å². The van der Waals surface area contributed by atoms with Gasteiger partial charge in [0.25, 0.3) is 11.5 Å². The molecular weight excluding hydrogens is 402 g/mol. The van der Waals surface area contributed by atoms with Crippen molar-refractivity contribution in [2.45, 2.75) is 37.5 Å². The molecule has 1 fully saturated rings. The maximum absolute atomic E-state index is 12.7. The average Bonchev–Trinajstić information content (AvgIpc) is 2.74. The Morgan fingerprint density at radius 1 is 1.13 bits per heavy atom. The summed E-state index contributed by atoms with van der Waals surface area (Å²) in [5.74, 6) is 0.233. The van der Waals surface area contributed by atoms with E-state index < -0.39 is 10.0 Å². The van der Waals surface area contributed by atoms with Gasteiger partial charge in [-0.25, -0.2) is 13.1 Å². The van der Waals surface area contributed by atoms with Gasteiger partial charge in [-0.2, -0.15) is 0 Å². The summed E-state index contributed by atoms with van der Waals surface area (Å²) in [7, 11) is -1.94. The minimum atomic E-state index is -3.56. The number of pyridine rings is 1. The molecule has 8 heteroatoms. The number of aryl methyl sites for hydroxylation is 1. The molecule has 2 aromatic rings. The number of hydrogen-bond acceptors (Lipinski definition) is 4. The molecule has 1 N–H and O–H groups in total. The molecule has 7 nitrogen and oxygen atoms in total. The highest BCUT2D eigenvalue weighted by molar-refractivity contribution is 7.89. The van der Waals surface area contributed by atoms with Gasteiger partial charge >= 0.3 is 0 Å². The third-order valence-corrected chi connectivity index (χ3v) is 7.11. The number of benzene rings is 1. The number of carbonyl (C=O) groups excluding carboxylic acids is 1. The largest absolute Gasteiger partial charge is 0.338 e. The van der Waals surface area contributed by atoms with Gasteiger partial charge < -0.3 is 9.47 Å². The van der Waals surface area contributed by atoms with Crippen LogP contribution in [0.2, 0.25) is 0 Å². The van der Waals surface area contributed by atoms with Crippen LogP contribution in [0, 0.1) is 5.92 Å². The number of piperidine rings is 1. The monoisotopic (exact) mass is 431 g/mol. The predicted octanol–water partition coefficient (Wildman–Crippen LogP) is 2.34. The fourth-order valence-corrected chi connectivity index (χ4v) is 4.73. The number of rotatable bonds is 6. The molecule has 0 radical (unpaired) electrons. The fraction of sp³-hybridized carbons (Fsp3) is 0.455. The van der Waals surface area contributed by atoms with E-state index in [0.717, 1.165) is 5.56 Å². The quantitative estimate of drug-likeness (QED) is 0.760. The molecule has 1 aromatic carbocycles.